The highest BCUT2D eigenvalue weighted by molar-refractivity contribution is 6.11. The largest absolute Gasteiger partial charge is 0.340 e. The fourth-order valence-electron chi connectivity index (χ4n) is 2.24. The predicted octanol–water partition coefficient (Wildman–Crippen LogP) is 3.48. The Morgan fingerprint density at radius 2 is 2.06 bits per heavy atom. The third-order valence-corrected chi connectivity index (χ3v) is 3.22. The first-order chi connectivity index (χ1) is 8.67. The van der Waals surface area contributed by atoms with Crippen molar-refractivity contribution in [3.05, 3.63) is 52.6 Å². The van der Waals surface area contributed by atoms with Gasteiger partial charge in [0.25, 0.3) is 0 Å². The standard InChI is InChI=1S/C16H20N2/c1-5-12-7-11(3)8-14(9-12)15-10-13(6-2)16(17-4)18-15/h6-10H,5H2,1-4H3,(H,17,18)/b13-6-. The van der Waals surface area contributed by atoms with Crippen molar-refractivity contribution in [3.8, 4) is 0 Å². The van der Waals surface area contributed by atoms with E-state index in [0.29, 0.717) is 0 Å². The minimum Gasteiger partial charge on any atom is -0.340 e. The summed E-state index contributed by atoms with van der Waals surface area (Å²) < 4.78 is 0. The van der Waals surface area contributed by atoms with Gasteiger partial charge in [0.2, 0.25) is 0 Å². The lowest BCUT2D eigenvalue weighted by Gasteiger charge is -2.08. The summed E-state index contributed by atoms with van der Waals surface area (Å²) in [7, 11) is 1.82. The summed E-state index contributed by atoms with van der Waals surface area (Å²) in [4.78, 5) is 4.27. The van der Waals surface area contributed by atoms with Crippen LogP contribution in [0.5, 0.6) is 0 Å². The molecule has 1 aliphatic heterocycles. The van der Waals surface area contributed by atoms with Crippen LogP contribution < -0.4 is 5.32 Å². The van der Waals surface area contributed by atoms with Crippen molar-refractivity contribution in [1.82, 2.24) is 5.32 Å². The number of hydrogen-bond acceptors (Lipinski definition) is 1. The quantitative estimate of drug-likeness (QED) is 0.841. The molecule has 0 radical (unpaired) electrons. The molecule has 1 aromatic carbocycles. The number of allylic oxidation sites excluding steroid dienone is 1. The number of rotatable bonds is 2. The third-order valence-electron chi connectivity index (χ3n) is 3.22. The Hall–Kier alpha value is -1.83. The molecule has 0 aliphatic carbocycles. The molecule has 2 heteroatoms. The zero-order valence-electron chi connectivity index (χ0n) is 11.5. The van der Waals surface area contributed by atoms with Crippen molar-refractivity contribution in [2.24, 2.45) is 4.99 Å². The van der Waals surface area contributed by atoms with E-state index in [4.69, 9.17) is 0 Å². The Morgan fingerprint density at radius 3 is 2.61 bits per heavy atom. The first-order valence-electron chi connectivity index (χ1n) is 6.41. The molecular formula is C16H20N2. The van der Waals surface area contributed by atoms with Gasteiger partial charge in [0.15, 0.2) is 0 Å². The molecule has 0 amide bonds. The van der Waals surface area contributed by atoms with Crippen LogP contribution in [0.15, 0.2) is 40.9 Å². The Bertz CT molecular complexity index is 548. The highest BCUT2D eigenvalue weighted by atomic mass is 15.0. The maximum absolute atomic E-state index is 4.27. The maximum Gasteiger partial charge on any atom is 0.132 e. The number of aryl methyl sites for hydroxylation is 2. The number of amidine groups is 1. The second-order valence-electron chi connectivity index (χ2n) is 4.56. The van der Waals surface area contributed by atoms with Gasteiger partial charge in [0.1, 0.15) is 5.84 Å². The number of hydrogen-bond donors (Lipinski definition) is 1. The average molecular weight is 240 g/mol. The van der Waals surface area contributed by atoms with Crippen LogP contribution in [0, 0.1) is 6.92 Å². The molecular weight excluding hydrogens is 220 g/mol. The van der Waals surface area contributed by atoms with Gasteiger partial charge in [-0.3, -0.25) is 4.99 Å². The van der Waals surface area contributed by atoms with E-state index in [9.17, 15) is 0 Å². The van der Waals surface area contributed by atoms with Crippen molar-refractivity contribution >= 4 is 11.5 Å². The van der Waals surface area contributed by atoms with E-state index in [1.54, 1.807) is 0 Å². The molecule has 0 aromatic heterocycles. The molecule has 2 nitrogen and oxygen atoms in total. The van der Waals surface area contributed by atoms with Crippen LogP contribution in [0.4, 0.5) is 0 Å². The molecule has 0 spiro atoms. The number of nitrogens with one attached hydrogen (secondary N) is 1. The first kappa shape index (κ1) is 12.6. The zero-order valence-corrected chi connectivity index (χ0v) is 11.5. The average Bonchev–Trinajstić information content (AvgIpc) is 2.81. The summed E-state index contributed by atoms with van der Waals surface area (Å²) in [5.74, 6) is 0.951. The van der Waals surface area contributed by atoms with Crippen molar-refractivity contribution in [2.75, 3.05) is 7.05 Å². The molecule has 0 saturated carbocycles. The van der Waals surface area contributed by atoms with Crippen molar-refractivity contribution in [2.45, 2.75) is 27.2 Å². The number of nitrogens with zero attached hydrogens (tertiary/aromatic N) is 1. The molecule has 94 valence electrons. The van der Waals surface area contributed by atoms with Gasteiger partial charge in [-0.25, -0.2) is 0 Å². The van der Waals surface area contributed by atoms with Crippen LogP contribution >= 0.6 is 0 Å². The van der Waals surface area contributed by atoms with Gasteiger partial charge in [-0.2, -0.15) is 0 Å². The van der Waals surface area contributed by atoms with Gasteiger partial charge in [-0.1, -0.05) is 24.6 Å². The van der Waals surface area contributed by atoms with Crippen LogP contribution in [0.25, 0.3) is 5.70 Å². The minimum absolute atomic E-state index is 0.951. The topological polar surface area (TPSA) is 24.4 Å². The Labute approximate surface area is 109 Å². The maximum atomic E-state index is 4.27. The fraction of sp³-hybridized carbons (Fsp3) is 0.312. The van der Waals surface area contributed by atoms with Crippen LogP contribution in [0.1, 0.15) is 30.5 Å². The van der Waals surface area contributed by atoms with E-state index in [1.165, 1.54) is 16.7 Å². The second kappa shape index (κ2) is 5.21. The smallest absolute Gasteiger partial charge is 0.132 e. The monoisotopic (exact) mass is 240 g/mol. The molecule has 18 heavy (non-hydrogen) atoms. The highest BCUT2D eigenvalue weighted by Crippen LogP contribution is 2.23. The summed E-state index contributed by atoms with van der Waals surface area (Å²) in [6.07, 6.45) is 5.31. The summed E-state index contributed by atoms with van der Waals surface area (Å²) in [6, 6.07) is 6.70. The third kappa shape index (κ3) is 2.37. The van der Waals surface area contributed by atoms with E-state index in [1.807, 2.05) is 14.0 Å². The second-order valence-corrected chi connectivity index (χ2v) is 4.56. The predicted molar refractivity (Wildman–Crippen MR) is 78.8 cm³/mol. The molecule has 2 rings (SSSR count). The van der Waals surface area contributed by atoms with E-state index in [-0.39, 0.29) is 0 Å². The van der Waals surface area contributed by atoms with Gasteiger partial charge >= 0.3 is 0 Å². The van der Waals surface area contributed by atoms with Crippen LogP contribution in [0.3, 0.4) is 0 Å². The van der Waals surface area contributed by atoms with Gasteiger partial charge in [0, 0.05) is 18.3 Å². The van der Waals surface area contributed by atoms with Crippen LogP contribution in [-0.2, 0) is 6.42 Å². The van der Waals surface area contributed by atoms with Gasteiger partial charge in [-0.15, -0.1) is 0 Å². The Kier molecular flexibility index (Phi) is 3.66. The lowest BCUT2D eigenvalue weighted by Crippen LogP contribution is -2.16. The van der Waals surface area contributed by atoms with Gasteiger partial charge < -0.3 is 5.32 Å². The van der Waals surface area contributed by atoms with Crippen LogP contribution in [-0.4, -0.2) is 12.9 Å². The Balaban J connectivity index is 2.42. The van der Waals surface area contributed by atoms with E-state index >= 15 is 0 Å². The van der Waals surface area contributed by atoms with Crippen molar-refractivity contribution in [3.63, 3.8) is 0 Å². The molecule has 0 unspecified atom stereocenters. The van der Waals surface area contributed by atoms with Crippen molar-refractivity contribution < 1.29 is 0 Å². The molecule has 1 heterocycles. The summed E-state index contributed by atoms with van der Waals surface area (Å²) in [5, 5.41) is 3.38. The number of aliphatic imine (C=N–C) groups is 1. The molecule has 1 aromatic rings. The minimum atomic E-state index is 0.951. The van der Waals surface area contributed by atoms with Crippen molar-refractivity contribution in [1.29, 1.82) is 0 Å². The molecule has 1 aliphatic rings. The molecule has 1 N–H and O–H groups in total. The van der Waals surface area contributed by atoms with Gasteiger partial charge in [0.05, 0.1) is 0 Å². The Morgan fingerprint density at radius 1 is 1.28 bits per heavy atom. The summed E-state index contributed by atoms with van der Waals surface area (Å²) in [5.41, 5.74) is 6.21. The van der Waals surface area contributed by atoms with Crippen LogP contribution in [0.2, 0.25) is 0 Å². The van der Waals surface area contributed by atoms with E-state index < -0.39 is 0 Å². The molecule has 0 saturated heterocycles. The summed E-state index contributed by atoms with van der Waals surface area (Å²) >= 11 is 0. The lowest BCUT2D eigenvalue weighted by atomic mass is 10.0. The fourth-order valence-corrected chi connectivity index (χ4v) is 2.24. The zero-order chi connectivity index (χ0) is 13.1. The molecule has 0 fully saturated rings. The number of benzene rings is 1. The molecule has 0 atom stereocenters. The SMILES string of the molecule is C/C=C1/C=C(c2cc(C)cc(CC)c2)NC1=NC. The van der Waals surface area contributed by atoms with E-state index in [0.717, 1.165) is 23.5 Å². The normalized spacial score (nSPS) is 19.2. The highest BCUT2D eigenvalue weighted by Gasteiger charge is 2.16. The first-order valence-corrected chi connectivity index (χ1v) is 6.41. The lowest BCUT2D eigenvalue weighted by molar-refractivity contribution is 1.12. The van der Waals surface area contributed by atoms with Gasteiger partial charge in [-0.05, 0) is 49.6 Å². The van der Waals surface area contributed by atoms with E-state index in [2.05, 4.69) is 54.5 Å². The summed E-state index contributed by atoms with van der Waals surface area (Å²) in [6.45, 7) is 6.37. The molecule has 0 bridgehead atoms.